The maximum Gasteiger partial charge on any atom is 0.332 e. The molecule has 2 atom stereocenters. The van der Waals surface area contributed by atoms with Gasteiger partial charge in [-0.3, -0.25) is 4.79 Å². The van der Waals surface area contributed by atoms with Crippen molar-refractivity contribution in [2.45, 2.75) is 25.0 Å². The summed E-state index contributed by atoms with van der Waals surface area (Å²) in [6, 6.07) is 7.14. The Morgan fingerprint density at radius 1 is 1.30 bits per heavy atom. The first kappa shape index (κ1) is 14.3. The Bertz CT molecular complexity index is 516. The van der Waals surface area contributed by atoms with Crippen LogP contribution in [0.2, 0.25) is 0 Å². The lowest BCUT2D eigenvalue weighted by atomic mass is 10.1. The Balaban J connectivity index is 2.11. The van der Waals surface area contributed by atoms with Crippen molar-refractivity contribution in [1.29, 1.82) is 0 Å². The fourth-order valence-corrected chi connectivity index (χ4v) is 2.24. The largest absolute Gasteiger partial charge is 0.495 e. The quantitative estimate of drug-likeness (QED) is 0.898. The Morgan fingerprint density at radius 2 is 1.95 bits per heavy atom. The minimum atomic E-state index is -1.03. The molecule has 0 radical (unpaired) electrons. The van der Waals surface area contributed by atoms with Crippen LogP contribution in [0.3, 0.4) is 0 Å². The van der Waals surface area contributed by atoms with Crippen molar-refractivity contribution >= 4 is 17.6 Å². The number of hydrogen-bond acceptors (Lipinski definition) is 4. The zero-order chi connectivity index (χ0) is 14.7. The predicted octanol–water partition coefficient (Wildman–Crippen LogP) is 1.29. The molecular formula is C14H17NO5. The maximum absolute atomic E-state index is 12.3. The van der Waals surface area contributed by atoms with E-state index in [1.807, 2.05) is 6.07 Å². The molecule has 6 heteroatoms. The normalized spacial score (nSPS) is 21.5. The number of carbonyl (C=O) groups is 2. The van der Waals surface area contributed by atoms with Gasteiger partial charge >= 0.3 is 5.97 Å². The first-order valence-corrected chi connectivity index (χ1v) is 6.33. The molecule has 1 aliphatic rings. The Morgan fingerprint density at radius 3 is 2.55 bits per heavy atom. The lowest BCUT2D eigenvalue weighted by Gasteiger charge is -2.22. The van der Waals surface area contributed by atoms with Gasteiger partial charge in [-0.15, -0.1) is 0 Å². The molecule has 1 N–H and O–H groups in total. The molecule has 0 aromatic heterocycles. The molecule has 1 heterocycles. The molecule has 0 saturated carbocycles. The number of ether oxygens (including phenoxy) is 2. The van der Waals surface area contributed by atoms with Crippen molar-refractivity contribution in [3.05, 3.63) is 24.3 Å². The van der Waals surface area contributed by atoms with Crippen LogP contribution in [-0.4, -0.2) is 43.3 Å². The number of rotatable bonds is 4. The number of para-hydroxylation sites is 2. The number of carboxylic acids is 1. The number of hydrogen-bond donors (Lipinski definition) is 1. The second kappa shape index (κ2) is 5.92. The van der Waals surface area contributed by atoms with Gasteiger partial charge in [-0.05, 0) is 25.0 Å². The van der Waals surface area contributed by atoms with Crippen LogP contribution >= 0.6 is 0 Å². The Hall–Kier alpha value is -2.08. The number of carbonyl (C=O) groups excluding carboxylic acids is 1. The van der Waals surface area contributed by atoms with Crippen LogP contribution in [0.25, 0.3) is 0 Å². The molecule has 0 aliphatic carbocycles. The first-order valence-electron chi connectivity index (χ1n) is 6.33. The van der Waals surface area contributed by atoms with Gasteiger partial charge in [-0.1, -0.05) is 12.1 Å². The molecule has 0 spiro atoms. The minimum absolute atomic E-state index is 0.266. The second-order valence-electron chi connectivity index (χ2n) is 4.60. The van der Waals surface area contributed by atoms with Crippen molar-refractivity contribution < 1.29 is 24.2 Å². The monoisotopic (exact) mass is 279 g/mol. The fourth-order valence-electron chi connectivity index (χ4n) is 2.24. The molecule has 1 aromatic carbocycles. The summed E-state index contributed by atoms with van der Waals surface area (Å²) < 4.78 is 10.5. The van der Waals surface area contributed by atoms with Gasteiger partial charge in [0.2, 0.25) is 0 Å². The zero-order valence-electron chi connectivity index (χ0n) is 11.4. The molecule has 1 fully saturated rings. The van der Waals surface area contributed by atoms with Gasteiger partial charge in [-0.2, -0.15) is 0 Å². The van der Waals surface area contributed by atoms with Gasteiger partial charge in [0.1, 0.15) is 11.9 Å². The summed E-state index contributed by atoms with van der Waals surface area (Å²) in [5, 5.41) is 8.88. The number of likely N-dealkylation sites (N-methyl/N-ethyl adjacent to an activating group) is 1. The lowest BCUT2D eigenvalue weighted by Crippen LogP contribution is -2.37. The van der Waals surface area contributed by atoms with Crippen LogP contribution in [0.4, 0.5) is 5.69 Å². The van der Waals surface area contributed by atoms with E-state index in [0.717, 1.165) is 0 Å². The van der Waals surface area contributed by atoms with Crippen LogP contribution in [0.15, 0.2) is 24.3 Å². The average molecular weight is 279 g/mol. The molecule has 2 unspecified atom stereocenters. The number of aliphatic carboxylic acids is 1. The van der Waals surface area contributed by atoms with Gasteiger partial charge in [-0.25, -0.2) is 4.79 Å². The number of nitrogens with zero attached hydrogens (tertiary/aromatic N) is 1. The van der Waals surface area contributed by atoms with Crippen molar-refractivity contribution in [1.82, 2.24) is 0 Å². The van der Waals surface area contributed by atoms with E-state index >= 15 is 0 Å². The summed E-state index contributed by atoms with van der Waals surface area (Å²) >= 11 is 0. The van der Waals surface area contributed by atoms with Crippen LogP contribution in [-0.2, 0) is 14.3 Å². The van der Waals surface area contributed by atoms with E-state index in [4.69, 9.17) is 14.6 Å². The summed E-state index contributed by atoms with van der Waals surface area (Å²) in [5.74, 6) is -0.713. The smallest absolute Gasteiger partial charge is 0.332 e. The highest BCUT2D eigenvalue weighted by atomic mass is 16.5. The van der Waals surface area contributed by atoms with Crippen molar-refractivity contribution in [2.75, 3.05) is 19.1 Å². The third-order valence-corrected chi connectivity index (χ3v) is 3.35. The SMILES string of the molecule is COc1ccccc1N(C)C(=O)C1CCC(C(=O)O)O1. The van der Waals surface area contributed by atoms with E-state index in [2.05, 4.69) is 0 Å². The Labute approximate surface area is 116 Å². The summed E-state index contributed by atoms with van der Waals surface area (Å²) in [4.78, 5) is 24.6. The third kappa shape index (κ3) is 2.75. The van der Waals surface area contributed by atoms with E-state index in [1.54, 1.807) is 25.2 Å². The van der Waals surface area contributed by atoms with Crippen LogP contribution in [0, 0.1) is 0 Å². The highest BCUT2D eigenvalue weighted by Crippen LogP contribution is 2.29. The highest BCUT2D eigenvalue weighted by Gasteiger charge is 2.36. The van der Waals surface area contributed by atoms with Gasteiger partial charge in [0.15, 0.2) is 6.10 Å². The highest BCUT2D eigenvalue weighted by molar-refractivity contribution is 5.97. The van der Waals surface area contributed by atoms with E-state index in [1.165, 1.54) is 12.0 Å². The molecule has 6 nitrogen and oxygen atoms in total. The summed E-state index contributed by atoms with van der Waals surface area (Å²) in [7, 11) is 3.15. The molecule has 0 bridgehead atoms. The molecule has 20 heavy (non-hydrogen) atoms. The first-order chi connectivity index (χ1) is 9.54. The summed E-state index contributed by atoms with van der Waals surface area (Å²) in [6.07, 6.45) is -0.845. The van der Waals surface area contributed by atoms with Crippen LogP contribution < -0.4 is 9.64 Å². The molecule has 2 rings (SSSR count). The van der Waals surface area contributed by atoms with Gasteiger partial charge in [0, 0.05) is 7.05 Å². The molecule has 108 valence electrons. The van der Waals surface area contributed by atoms with Crippen molar-refractivity contribution in [3.8, 4) is 5.75 Å². The van der Waals surface area contributed by atoms with Crippen molar-refractivity contribution in [2.24, 2.45) is 0 Å². The van der Waals surface area contributed by atoms with Crippen LogP contribution in [0.1, 0.15) is 12.8 Å². The van der Waals surface area contributed by atoms with Crippen molar-refractivity contribution in [3.63, 3.8) is 0 Å². The lowest BCUT2D eigenvalue weighted by molar-refractivity contribution is -0.151. The summed E-state index contributed by atoms with van der Waals surface area (Å²) in [5.41, 5.74) is 0.627. The fraction of sp³-hybridized carbons (Fsp3) is 0.429. The van der Waals surface area contributed by atoms with Gasteiger partial charge in [0.05, 0.1) is 12.8 Å². The molecular weight excluding hydrogens is 262 g/mol. The molecule has 1 saturated heterocycles. The minimum Gasteiger partial charge on any atom is -0.495 e. The third-order valence-electron chi connectivity index (χ3n) is 3.35. The number of benzene rings is 1. The standard InChI is InChI=1S/C14H17NO5/c1-15(9-5-3-4-6-10(9)19-2)13(16)11-7-8-12(20-11)14(17)18/h3-6,11-12H,7-8H2,1-2H3,(H,17,18). The molecule has 1 aromatic rings. The van der Waals surface area contributed by atoms with Gasteiger partial charge < -0.3 is 19.5 Å². The van der Waals surface area contributed by atoms with E-state index < -0.39 is 18.2 Å². The van der Waals surface area contributed by atoms with Crippen LogP contribution in [0.5, 0.6) is 5.75 Å². The van der Waals surface area contributed by atoms with Gasteiger partial charge in [0.25, 0.3) is 5.91 Å². The molecule has 1 aliphatic heterocycles. The number of methoxy groups -OCH3 is 1. The predicted molar refractivity (Wildman–Crippen MR) is 71.9 cm³/mol. The topological polar surface area (TPSA) is 76.1 Å². The second-order valence-corrected chi connectivity index (χ2v) is 4.60. The van der Waals surface area contributed by atoms with E-state index in [9.17, 15) is 9.59 Å². The number of amides is 1. The number of anilines is 1. The summed E-state index contributed by atoms with van der Waals surface area (Å²) in [6.45, 7) is 0. The number of carboxylic acid groups (broad SMARTS) is 1. The zero-order valence-corrected chi connectivity index (χ0v) is 11.4. The average Bonchev–Trinajstić information content (AvgIpc) is 2.95. The van der Waals surface area contributed by atoms with E-state index in [0.29, 0.717) is 24.3 Å². The molecule has 1 amide bonds. The van der Waals surface area contributed by atoms with E-state index in [-0.39, 0.29) is 5.91 Å². The Kier molecular flexibility index (Phi) is 4.24. The maximum atomic E-state index is 12.3.